The number of carbonyl (C=O) groups excluding carboxylic acids is 1. The molecule has 3 aromatic rings. The maximum absolute atomic E-state index is 13.2. The molecule has 8 heteroatoms. The fraction of sp³-hybridized carbons (Fsp3) is 0.227. The molecule has 1 aromatic heterocycles. The van der Waals surface area contributed by atoms with Crippen LogP contribution in [-0.2, 0) is 20.6 Å². The maximum atomic E-state index is 13.2. The third kappa shape index (κ3) is 5.90. The van der Waals surface area contributed by atoms with Crippen LogP contribution in [0.4, 0.5) is 5.69 Å². The first-order valence-electron chi connectivity index (χ1n) is 9.48. The average molecular weight is 445 g/mol. The van der Waals surface area contributed by atoms with Crippen LogP contribution < -0.4 is 9.62 Å². The number of aryl methyl sites for hydroxylation is 1. The molecule has 0 fully saturated rings. The van der Waals surface area contributed by atoms with Gasteiger partial charge in [0.25, 0.3) is 10.0 Å². The molecule has 0 saturated carbocycles. The standard InChI is InChI=1S/C22H24N2O4S2/c1-18-9-11-19(12-10-18)24(30(26,27)21-7-3-2-4-8-21)16-22(25)23-13-15-29-17-20-6-5-14-28-20/h2-12,14H,13,15-17H2,1H3,(H,23,25). The van der Waals surface area contributed by atoms with E-state index in [2.05, 4.69) is 5.32 Å². The Balaban J connectivity index is 1.65. The Hall–Kier alpha value is -2.71. The quantitative estimate of drug-likeness (QED) is 0.481. The Labute approximate surface area is 181 Å². The molecule has 0 unspecified atom stereocenters. The lowest BCUT2D eigenvalue weighted by molar-refractivity contribution is -0.119. The van der Waals surface area contributed by atoms with Crippen LogP contribution in [0.5, 0.6) is 0 Å². The van der Waals surface area contributed by atoms with Crippen molar-refractivity contribution in [3.63, 3.8) is 0 Å². The van der Waals surface area contributed by atoms with Gasteiger partial charge in [0.05, 0.1) is 22.6 Å². The highest BCUT2D eigenvalue weighted by Gasteiger charge is 2.26. The molecule has 1 amide bonds. The van der Waals surface area contributed by atoms with Gasteiger partial charge in [-0.15, -0.1) is 0 Å². The molecule has 1 heterocycles. The van der Waals surface area contributed by atoms with Crippen molar-refractivity contribution in [1.82, 2.24) is 5.32 Å². The largest absolute Gasteiger partial charge is 0.468 e. The minimum Gasteiger partial charge on any atom is -0.468 e. The number of benzene rings is 2. The number of furan rings is 1. The summed E-state index contributed by atoms with van der Waals surface area (Å²) in [6, 6.07) is 18.9. The number of nitrogens with one attached hydrogen (secondary N) is 1. The van der Waals surface area contributed by atoms with Crippen LogP contribution in [0.3, 0.4) is 0 Å². The lowest BCUT2D eigenvalue weighted by atomic mass is 10.2. The molecule has 0 bridgehead atoms. The minimum absolute atomic E-state index is 0.146. The minimum atomic E-state index is -3.87. The van der Waals surface area contributed by atoms with Crippen molar-refractivity contribution in [3.05, 3.63) is 84.3 Å². The lowest BCUT2D eigenvalue weighted by Crippen LogP contribution is -2.41. The van der Waals surface area contributed by atoms with E-state index in [0.29, 0.717) is 18.0 Å². The van der Waals surface area contributed by atoms with Crippen LogP contribution in [0.15, 0.2) is 82.3 Å². The van der Waals surface area contributed by atoms with E-state index in [1.165, 1.54) is 12.1 Å². The van der Waals surface area contributed by atoms with E-state index in [1.54, 1.807) is 48.4 Å². The molecule has 0 aliphatic rings. The summed E-state index contributed by atoms with van der Waals surface area (Å²) in [6.45, 7) is 2.08. The third-order valence-corrected chi connectivity index (χ3v) is 7.10. The molecule has 0 aliphatic carbocycles. The second-order valence-electron chi connectivity index (χ2n) is 6.64. The molecule has 0 radical (unpaired) electrons. The number of carbonyl (C=O) groups is 1. The number of hydrogen-bond acceptors (Lipinski definition) is 5. The number of thioether (sulfide) groups is 1. The monoisotopic (exact) mass is 444 g/mol. The summed E-state index contributed by atoms with van der Waals surface area (Å²) in [5.74, 6) is 1.95. The molecule has 3 rings (SSSR count). The Morgan fingerprint density at radius 1 is 1.03 bits per heavy atom. The highest BCUT2D eigenvalue weighted by Crippen LogP contribution is 2.23. The van der Waals surface area contributed by atoms with Crippen LogP contribution >= 0.6 is 11.8 Å². The van der Waals surface area contributed by atoms with E-state index in [0.717, 1.165) is 21.4 Å². The highest BCUT2D eigenvalue weighted by molar-refractivity contribution is 7.98. The fourth-order valence-electron chi connectivity index (χ4n) is 2.76. The summed E-state index contributed by atoms with van der Waals surface area (Å²) >= 11 is 1.63. The maximum Gasteiger partial charge on any atom is 0.264 e. The zero-order valence-corrected chi connectivity index (χ0v) is 18.3. The van der Waals surface area contributed by atoms with Gasteiger partial charge >= 0.3 is 0 Å². The van der Waals surface area contributed by atoms with Crippen molar-refractivity contribution in [2.45, 2.75) is 17.6 Å². The summed E-state index contributed by atoms with van der Waals surface area (Å²) in [7, 11) is -3.87. The van der Waals surface area contributed by atoms with Gasteiger partial charge in [-0.25, -0.2) is 8.42 Å². The molecule has 30 heavy (non-hydrogen) atoms. The molecule has 0 atom stereocenters. The SMILES string of the molecule is Cc1ccc(N(CC(=O)NCCSCc2ccco2)S(=O)(=O)c2ccccc2)cc1. The van der Waals surface area contributed by atoms with Crippen molar-refractivity contribution in [3.8, 4) is 0 Å². The van der Waals surface area contributed by atoms with Crippen molar-refractivity contribution < 1.29 is 17.6 Å². The zero-order valence-electron chi connectivity index (χ0n) is 16.7. The Bertz CT molecular complexity index is 1030. The average Bonchev–Trinajstić information content (AvgIpc) is 3.27. The molecule has 158 valence electrons. The van der Waals surface area contributed by atoms with Crippen molar-refractivity contribution >= 4 is 33.4 Å². The normalized spacial score (nSPS) is 11.2. The lowest BCUT2D eigenvalue weighted by Gasteiger charge is -2.24. The zero-order chi connectivity index (χ0) is 21.4. The molecular formula is C22H24N2O4S2. The Morgan fingerprint density at radius 2 is 1.77 bits per heavy atom. The Morgan fingerprint density at radius 3 is 2.43 bits per heavy atom. The smallest absolute Gasteiger partial charge is 0.264 e. The number of amides is 1. The van der Waals surface area contributed by atoms with E-state index in [1.807, 2.05) is 31.2 Å². The summed E-state index contributed by atoms with van der Waals surface area (Å²) in [6.07, 6.45) is 1.63. The second-order valence-corrected chi connectivity index (χ2v) is 9.61. The van der Waals surface area contributed by atoms with Gasteiger partial charge in [0.2, 0.25) is 5.91 Å². The van der Waals surface area contributed by atoms with E-state index >= 15 is 0 Å². The van der Waals surface area contributed by atoms with E-state index < -0.39 is 10.0 Å². The number of anilines is 1. The van der Waals surface area contributed by atoms with E-state index in [-0.39, 0.29) is 17.3 Å². The predicted octanol–water partition coefficient (Wildman–Crippen LogP) is 3.83. The van der Waals surface area contributed by atoms with Crippen molar-refractivity contribution in [2.75, 3.05) is 23.1 Å². The summed E-state index contributed by atoms with van der Waals surface area (Å²) in [5, 5.41) is 2.80. The molecule has 0 aliphatic heterocycles. The van der Waals surface area contributed by atoms with Gasteiger partial charge in [-0.1, -0.05) is 35.9 Å². The summed E-state index contributed by atoms with van der Waals surface area (Å²) < 4.78 is 32.8. The van der Waals surface area contributed by atoms with Crippen LogP contribution in [0.1, 0.15) is 11.3 Å². The second kappa shape index (κ2) is 10.4. The fourth-order valence-corrected chi connectivity index (χ4v) is 4.96. The van der Waals surface area contributed by atoms with Gasteiger partial charge in [0.15, 0.2) is 0 Å². The predicted molar refractivity (Wildman–Crippen MR) is 120 cm³/mol. The molecule has 0 saturated heterocycles. The number of sulfonamides is 1. The third-order valence-electron chi connectivity index (χ3n) is 4.33. The topological polar surface area (TPSA) is 79.6 Å². The summed E-state index contributed by atoms with van der Waals surface area (Å²) in [4.78, 5) is 12.7. The van der Waals surface area contributed by atoms with Gasteiger partial charge in [0.1, 0.15) is 12.3 Å². The van der Waals surface area contributed by atoms with Crippen LogP contribution in [0, 0.1) is 6.92 Å². The molecule has 2 aromatic carbocycles. The van der Waals surface area contributed by atoms with Gasteiger partial charge in [0, 0.05) is 12.3 Å². The first kappa shape index (κ1) is 22.0. The molecular weight excluding hydrogens is 420 g/mol. The van der Waals surface area contributed by atoms with Gasteiger partial charge in [-0.3, -0.25) is 9.10 Å². The van der Waals surface area contributed by atoms with E-state index in [4.69, 9.17) is 4.42 Å². The number of hydrogen-bond donors (Lipinski definition) is 1. The van der Waals surface area contributed by atoms with Crippen molar-refractivity contribution in [1.29, 1.82) is 0 Å². The van der Waals surface area contributed by atoms with E-state index in [9.17, 15) is 13.2 Å². The number of nitrogens with zero attached hydrogens (tertiary/aromatic N) is 1. The summed E-state index contributed by atoms with van der Waals surface area (Å²) in [5.41, 5.74) is 1.46. The highest BCUT2D eigenvalue weighted by atomic mass is 32.2. The van der Waals surface area contributed by atoms with Crippen LogP contribution in [0.2, 0.25) is 0 Å². The Kier molecular flexibility index (Phi) is 7.59. The first-order chi connectivity index (χ1) is 14.5. The number of rotatable bonds is 10. The molecule has 1 N–H and O–H groups in total. The van der Waals surface area contributed by atoms with Crippen LogP contribution in [-0.4, -0.2) is 33.2 Å². The van der Waals surface area contributed by atoms with Gasteiger partial charge < -0.3 is 9.73 Å². The van der Waals surface area contributed by atoms with Crippen molar-refractivity contribution in [2.24, 2.45) is 0 Å². The molecule has 0 spiro atoms. The first-order valence-corrected chi connectivity index (χ1v) is 12.1. The van der Waals surface area contributed by atoms with Gasteiger partial charge in [-0.05, 0) is 43.3 Å². The van der Waals surface area contributed by atoms with Gasteiger partial charge in [-0.2, -0.15) is 11.8 Å². The van der Waals surface area contributed by atoms with Crippen LogP contribution in [0.25, 0.3) is 0 Å². The molecule has 6 nitrogen and oxygen atoms in total.